The quantitative estimate of drug-likeness (QED) is 0.938. The third-order valence-electron chi connectivity index (χ3n) is 2.71. The minimum absolute atomic E-state index is 0.00444. The average molecular weight is 323 g/mol. The fourth-order valence-corrected chi connectivity index (χ4v) is 3.12. The van der Waals surface area contributed by atoms with Crippen LogP contribution < -0.4 is 9.46 Å². The van der Waals surface area contributed by atoms with E-state index in [1.807, 2.05) is 6.07 Å². The predicted octanol–water partition coefficient (Wildman–Crippen LogP) is 3.02. The minimum Gasteiger partial charge on any atom is -0.495 e. The second kappa shape index (κ2) is 6.04. The van der Waals surface area contributed by atoms with Crippen molar-refractivity contribution < 1.29 is 13.2 Å². The van der Waals surface area contributed by atoms with E-state index in [4.69, 9.17) is 21.6 Å². The monoisotopic (exact) mass is 322 g/mol. The molecule has 0 aliphatic carbocycles. The average Bonchev–Trinajstić information content (AvgIpc) is 2.47. The van der Waals surface area contributed by atoms with Crippen molar-refractivity contribution in [2.75, 3.05) is 11.8 Å². The lowest BCUT2D eigenvalue weighted by Gasteiger charge is -2.13. The Morgan fingerprint density at radius 3 is 2.57 bits per heavy atom. The molecule has 0 aliphatic rings. The van der Waals surface area contributed by atoms with E-state index in [2.05, 4.69) is 4.72 Å². The number of methoxy groups -OCH3 is 1. The van der Waals surface area contributed by atoms with Crippen molar-refractivity contribution >= 4 is 27.3 Å². The molecule has 0 unspecified atom stereocenters. The summed E-state index contributed by atoms with van der Waals surface area (Å²) in [5.41, 5.74) is 0.266. The molecule has 0 heterocycles. The third kappa shape index (κ3) is 3.27. The zero-order valence-corrected chi connectivity index (χ0v) is 12.6. The van der Waals surface area contributed by atoms with Gasteiger partial charge in [-0.1, -0.05) is 23.7 Å². The summed E-state index contributed by atoms with van der Waals surface area (Å²) in [5.74, 6) is 0.264. The van der Waals surface area contributed by atoms with Crippen LogP contribution in [0.4, 0.5) is 5.69 Å². The van der Waals surface area contributed by atoms with Gasteiger partial charge in [0.2, 0.25) is 0 Å². The molecule has 0 aliphatic heterocycles. The Bertz CT molecular complexity index is 813. The topological polar surface area (TPSA) is 79.2 Å². The summed E-state index contributed by atoms with van der Waals surface area (Å²) in [6.07, 6.45) is 0. The smallest absolute Gasteiger partial charge is 0.262 e. The SMILES string of the molecule is COc1cccc(C#N)c1NS(=O)(=O)c1cccc(Cl)c1. The van der Waals surface area contributed by atoms with Gasteiger partial charge in [0, 0.05) is 5.02 Å². The number of para-hydroxylation sites is 1. The molecule has 108 valence electrons. The number of ether oxygens (including phenoxy) is 1. The van der Waals surface area contributed by atoms with Gasteiger partial charge in [-0.2, -0.15) is 5.26 Å². The van der Waals surface area contributed by atoms with E-state index in [-0.39, 0.29) is 21.9 Å². The molecule has 2 aromatic rings. The molecule has 0 amide bonds. The van der Waals surface area contributed by atoms with Crippen LogP contribution in [0.3, 0.4) is 0 Å². The molecule has 7 heteroatoms. The highest BCUT2D eigenvalue weighted by Gasteiger charge is 2.19. The van der Waals surface area contributed by atoms with Crippen LogP contribution in [0.2, 0.25) is 5.02 Å². The largest absolute Gasteiger partial charge is 0.495 e. The second-order valence-electron chi connectivity index (χ2n) is 4.06. The standard InChI is InChI=1S/C14H11ClN2O3S/c1-20-13-7-2-4-10(9-16)14(13)17-21(18,19)12-6-3-5-11(15)8-12/h2-8,17H,1H3. The molecule has 2 aromatic carbocycles. The highest BCUT2D eigenvalue weighted by atomic mass is 35.5. The number of nitriles is 1. The number of benzene rings is 2. The molecule has 0 spiro atoms. The molecular formula is C14H11ClN2O3S. The molecule has 0 radical (unpaired) electrons. The molecule has 0 saturated heterocycles. The van der Waals surface area contributed by atoms with Crippen molar-refractivity contribution in [3.63, 3.8) is 0 Å². The first-order valence-corrected chi connectivity index (χ1v) is 7.69. The highest BCUT2D eigenvalue weighted by Crippen LogP contribution is 2.30. The first kappa shape index (κ1) is 15.2. The van der Waals surface area contributed by atoms with Gasteiger partial charge in [-0.3, -0.25) is 4.72 Å². The van der Waals surface area contributed by atoms with E-state index in [9.17, 15) is 8.42 Å². The summed E-state index contributed by atoms with van der Waals surface area (Å²) >= 11 is 5.80. The number of sulfonamides is 1. The molecule has 5 nitrogen and oxygen atoms in total. The maximum atomic E-state index is 12.4. The van der Waals surface area contributed by atoms with E-state index in [1.165, 1.54) is 31.4 Å². The maximum Gasteiger partial charge on any atom is 0.262 e. The molecule has 0 bridgehead atoms. The van der Waals surface area contributed by atoms with E-state index < -0.39 is 10.0 Å². The second-order valence-corrected chi connectivity index (χ2v) is 6.18. The third-order valence-corrected chi connectivity index (χ3v) is 4.29. The minimum atomic E-state index is -3.87. The van der Waals surface area contributed by atoms with Crippen LogP contribution in [-0.2, 0) is 10.0 Å². The highest BCUT2D eigenvalue weighted by molar-refractivity contribution is 7.92. The molecule has 0 fully saturated rings. The molecular weight excluding hydrogens is 312 g/mol. The van der Waals surface area contributed by atoms with Gasteiger partial charge in [0.25, 0.3) is 10.0 Å². The number of rotatable bonds is 4. The van der Waals surface area contributed by atoms with Crippen LogP contribution in [0.15, 0.2) is 47.4 Å². The van der Waals surface area contributed by atoms with Gasteiger partial charge in [-0.15, -0.1) is 0 Å². The Morgan fingerprint density at radius 1 is 1.24 bits per heavy atom. The fraction of sp³-hybridized carbons (Fsp3) is 0.0714. The number of anilines is 1. The lowest BCUT2D eigenvalue weighted by Crippen LogP contribution is -2.14. The normalized spacial score (nSPS) is 10.7. The molecule has 0 saturated carbocycles. The Labute approximate surface area is 127 Å². The van der Waals surface area contributed by atoms with Gasteiger partial charge >= 0.3 is 0 Å². The van der Waals surface area contributed by atoms with Crippen LogP contribution in [0.25, 0.3) is 0 Å². The molecule has 0 atom stereocenters. The number of nitrogens with one attached hydrogen (secondary N) is 1. The van der Waals surface area contributed by atoms with Crippen LogP contribution in [0, 0.1) is 11.3 Å². The van der Waals surface area contributed by atoms with E-state index in [0.29, 0.717) is 5.02 Å². The first-order valence-electron chi connectivity index (χ1n) is 5.83. The van der Waals surface area contributed by atoms with Crippen molar-refractivity contribution in [2.45, 2.75) is 4.90 Å². The summed E-state index contributed by atoms with van der Waals surface area (Å²) in [6, 6.07) is 12.4. The van der Waals surface area contributed by atoms with E-state index in [0.717, 1.165) is 0 Å². The zero-order valence-electron chi connectivity index (χ0n) is 11.0. The number of nitrogens with zero attached hydrogens (tertiary/aromatic N) is 1. The summed E-state index contributed by atoms with van der Waals surface area (Å²) in [7, 11) is -2.47. The van der Waals surface area contributed by atoms with Crippen molar-refractivity contribution in [1.82, 2.24) is 0 Å². The van der Waals surface area contributed by atoms with Crippen LogP contribution >= 0.6 is 11.6 Å². The Kier molecular flexibility index (Phi) is 4.36. The van der Waals surface area contributed by atoms with E-state index in [1.54, 1.807) is 18.2 Å². The molecule has 0 aromatic heterocycles. The van der Waals surface area contributed by atoms with Gasteiger partial charge in [0.05, 0.1) is 17.6 Å². The number of hydrogen-bond donors (Lipinski definition) is 1. The van der Waals surface area contributed by atoms with Crippen molar-refractivity contribution in [3.8, 4) is 11.8 Å². The maximum absolute atomic E-state index is 12.4. The van der Waals surface area contributed by atoms with Gasteiger partial charge in [-0.25, -0.2) is 8.42 Å². The zero-order chi connectivity index (χ0) is 15.5. The first-order chi connectivity index (χ1) is 9.97. The van der Waals surface area contributed by atoms with Gasteiger partial charge in [0.15, 0.2) is 0 Å². The summed E-state index contributed by atoms with van der Waals surface area (Å²) < 4.78 is 32.2. The van der Waals surface area contributed by atoms with Gasteiger partial charge < -0.3 is 4.74 Å². The number of hydrogen-bond acceptors (Lipinski definition) is 4. The molecule has 21 heavy (non-hydrogen) atoms. The van der Waals surface area contributed by atoms with Crippen molar-refractivity contribution in [3.05, 3.63) is 53.1 Å². The van der Waals surface area contributed by atoms with Crippen molar-refractivity contribution in [1.29, 1.82) is 5.26 Å². The van der Waals surface area contributed by atoms with Crippen molar-refractivity contribution in [2.24, 2.45) is 0 Å². The molecule has 2 rings (SSSR count). The number of halogens is 1. The van der Waals surface area contributed by atoms with Crippen LogP contribution in [-0.4, -0.2) is 15.5 Å². The Balaban J connectivity index is 2.49. The Morgan fingerprint density at radius 2 is 1.95 bits per heavy atom. The Hall–Kier alpha value is -2.23. The lowest BCUT2D eigenvalue weighted by molar-refractivity contribution is 0.417. The van der Waals surface area contributed by atoms with E-state index >= 15 is 0 Å². The fourth-order valence-electron chi connectivity index (χ4n) is 1.73. The van der Waals surface area contributed by atoms with Crippen LogP contribution in [0.1, 0.15) is 5.56 Å². The lowest BCUT2D eigenvalue weighted by atomic mass is 10.2. The summed E-state index contributed by atoms with van der Waals surface area (Å²) in [6.45, 7) is 0. The van der Waals surface area contributed by atoms with Crippen LogP contribution in [0.5, 0.6) is 5.75 Å². The summed E-state index contributed by atoms with van der Waals surface area (Å²) in [4.78, 5) is 0.00444. The van der Waals surface area contributed by atoms with Gasteiger partial charge in [0.1, 0.15) is 17.5 Å². The van der Waals surface area contributed by atoms with Gasteiger partial charge in [-0.05, 0) is 30.3 Å². The molecule has 1 N–H and O–H groups in total. The summed E-state index contributed by atoms with van der Waals surface area (Å²) in [5, 5.41) is 9.39. The predicted molar refractivity (Wildman–Crippen MR) is 80.0 cm³/mol.